The van der Waals surface area contributed by atoms with Crippen LogP contribution < -0.4 is 10.6 Å². The van der Waals surface area contributed by atoms with Gasteiger partial charge in [-0.1, -0.05) is 36.8 Å². The molecule has 3 rings (SSSR count). The molecular weight excluding hydrogens is 387 g/mol. The number of hydrogen-bond acceptors (Lipinski definition) is 7. The molecule has 0 saturated carbocycles. The van der Waals surface area contributed by atoms with Gasteiger partial charge in [0.2, 0.25) is 0 Å². The van der Waals surface area contributed by atoms with Gasteiger partial charge in [-0.2, -0.15) is 4.98 Å². The summed E-state index contributed by atoms with van der Waals surface area (Å²) in [5.41, 5.74) is 1.36. The highest BCUT2D eigenvalue weighted by molar-refractivity contribution is 7.22. The van der Waals surface area contributed by atoms with Crippen molar-refractivity contribution < 1.29 is 4.39 Å². The highest BCUT2D eigenvalue weighted by atomic mass is 35.5. The summed E-state index contributed by atoms with van der Waals surface area (Å²) in [5, 5.41) is 7.41. The van der Waals surface area contributed by atoms with Crippen molar-refractivity contribution in [3.05, 3.63) is 35.4 Å². The van der Waals surface area contributed by atoms with Gasteiger partial charge in [-0.05, 0) is 37.7 Å². The summed E-state index contributed by atoms with van der Waals surface area (Å²) in [4.78, 5) is 15.2. The molecule has 0 aliphatic rings. The molecule has 3 aromatic rings. The first-order chi connectivity index (χ1) is 12.7. The average molecular weight is 409 g/mol. The molecule has 2 heterocycles. The van der Waals surface area contributed by atoms with Gasteiger partial charge in [0.15, 0.2) is 16.6 Å². The first-order valence-corrected chi connectivity index (χ1v) is 9.65. The maximum absolute atomic E-state index is 13.3. The van der Waals surface area contributed by atoms with E-state index >= 15 is 0 Å². The minimum atomic E-state index is -0.459. The number of hydrogen-bond donors (Lipinski definition) is 2. The molecule has 0 atom stereocenters. The van der Waals surface area contributed by atoms with Crippen molar-refractivity contribution in [3.63, 3.8) is 0 Å². The van der Waals surface area contributed by atoms with E-state index in [2.05, 4.69) is 58.4 Å². The summed E-state index contributed by atoms with van der Waals surface area (Å²) in [6.07, 6.45) is 1.45. The van der Waals surface area contributed by atoms with E-state index < -0.39 is 5.82 Å². The zero-order chi connectivity index (χ0) is 19.6. The van der Waals surface area contributed by atoms with E-state index in [1.807, 2.05) is 0 Å². The molecule has 1 aromatic carbocycles. The second kappa shape index (κ2) is 7.92. The molecule has 0 aliphatic carbocycles. The van der Waals surface area contributed by atoms with E-state index in [1.165, 1.54) is 29.8 Å². The summed E-state index contributed by atoms with van der Waals surface area (Å²) < 4.78 is 14.2. The van der Waals surface area contributed by atoms with Crippen molar-refractivity contribution in [1.82, 2.24) is 19.9 Å². The van der Waals surface area contributed by atoms with Gasteiger partial charge in [0.1, 0.15) is 16.8 Å². The molecule has 0 fully saturated rings. The van der Waals surface area contributed by atoms with Crippen LogP contribution in [0.4, 0.5) is 21.0 Å². The largest absolute Gasteiger partial charge is 0.361 e. The molecule has 0 spiro atoms. The van der Waals surface area contributed by atoms with E-state index in [1.54, 1.807) is 6.07 Å². The molecule has 0 saturated heterocycles. The number of nitrogens with one attached hydrogen (secondary N) is 2. The summed E-state index contributed by atoms with van der Waals surface area (Å²) >= 11 is 7.33. The third-order valence-corrected chi connectivity index (χ3v) is 5.13. The molecule has 0 aliphatic heterocycles. The van der Waals surface area contributed by atoms with E-state index in [-0.39, 0.29) is 10.4 Å². The fourth-order valence-electron chi connectivity index (χ4n) is 2.86. The highest BCUT2D eigenvalue weighted by Crippen LogP contribution is 2.32. The fraction of sp³-hybridized carbons (Fsp3) is 0.389. The van der Waals surface area contributed by atoms with Crippen LogP contribution in [0, 0.1) is 11.2 Å². The molecule has 0 unspecified atom stereocenters. The van der Waals surface area contributed by atoms with Crippen LogP contribution in [0.5, 0.6) is 0 Å². The van der Waals surface area contributed by atoms with E-state index in [4.69, 9.17) is 11.6 Å². The van der Waals surface area contributed by atoms with Gasteiger partial charge in [0, 0.05) is 18.8 Å². The van der Waals surface area contributed by atoms with Crippen LogP contribution >= 0.6 is 22.9 Å². The SMILES string of the molecule is CN(C)CC(C)(C)CNc1nc2ncnc(Nc3ccc(F)c(Cl)c3)c2s1. The lowest BCUT2D eigenvalue weighted by atomic mass is 9.93. The number of nitrogens with zero attached hydrogens (tertiary/aromatic N) is 4. The zero-order valence-electron chi connectivity index (χ0n) is 15.7. The van der Waals surface area contributed by atoms with Gasteiger partial charge in [-0.15, -0.1) is 0 Å². The number of fused-ring (bicyclic) bond motifs is 1. The third kappa shape index (κ3) is 5.03. The Bertz CT molecular complexity index is 943. The second-order valence-corrected chi connectivity index (χ2v) is 8.81. The van der Waals surface area contributed by atoms with Crippen LogP contribution in [-0.4, -0.2) is 47.0 Å². The van der Waals surface area contributed by atoms with Crippen molar-refractivity contribution in [2.45, 2.75) is 13.8 Å². The predicted molar refractivity (Wildman–Crippen MR) is 111 cm³/mol. The maximum Gasteiger partial charge on any atom is 0.185 e. The van der Waals surface area contributed by atoms with Crippen molar-refractivity contribution >= 4 is 49.9 Å². The summed E-state index contributed by atoms with van der Waals surface area (Å²) in [6.45, 7) is 6.16. The number of benzene rings is 1. The van der Waals surface area contributed by atoms with Crippen LogP contribution in [0.1, 0.15) is 13.8 Å². The Morgan fingerprint density at radius 3 is 2.74 bits per heavy atom. The molecule has 9 heteroatoms. The molecule has 0 amide bonds. The normalized spacial score (nSPS) is 12.0. The van der Waals surface area contributed by atoms with E-state index in [9.17, 15) is 4.39 Å². The van der Waals surface area contributed by atoms with Crippen LogP contribution in [0.2, 0.25) is 5.02 Å². The Hall–Kier alpha value is -2.03. The second-order valence-electron chi connectivity index (χ2n) is 7.40. The topological polar surface area (TPSA) is 66.0 Å². The standard InChI is InChI=1S/C18H22ClFN6S/c1-18(2,9-26(3)4)8-21-17-25-16-14(27-17)15(22-10-23-16)24-11-5-6-13(20)12(19)7-11/h5-7,10H,8-9H2,1-4H3,(H2,21,22,23,24,25). The third-order valence-electron chi connectivity index (χ3n) is 3.84. The smallest absolute Gasteiger partial charge is 0.185 e. The average Bonchev–Trinajstić information content (AvgIpc) is 3.00. The number of aromatic nitrogens is 3. The van der Waals surface area contributed by atoms with Crippen molar-refractivity contribution in [2.75, 3.05) is 37.8 Å². The molecule has 6 nitrogen and oxygen atoms in total. The Balaban J connectivity index is 1.79. The van der Waals surface area contributed by atoms with Gasteiger partial charge in [0.25, 0.3) is 0 Å². The van der Waals surface area contributed by atoms with Crippen LogP contribution in [0.25, 0.3) is 10.3 Å². The fourth-order valence-corrected chi connectivity index (χ4v) is 3.90. The van der Waals surface area contributed by atoms with Crippen molar-refractivity contribution in [2.24, 2.45) is 5.41 Å². The lowest BCUT2D eigenvalue weighted by molar-refractivity contribution is 0.254. The molecule has 144 valence electrons. The molecule has 27 heavy (non-hydrogen) atoms. The number of thiazole rings is 1. The first-order valence-electron chi connectivity index (χ1n) is 8.46. The highest BCUT2D eigenvalue weighted by Gasteiger charge is 2.20. The Morgan fingerprint density at radius 1 is 1.26 bits per heavy atom. The van der Waals surface area contributed by atoms with Crippen LogP contribution in [-0.2, 0) is 0 Å². The van der Waals surface area contributed by atoms with Gasteiger partial charge in [-0.3, -0.25) is 0 Å². The molecule has 0 radical (unpaired) electrons. The molecular formula is C18H22ClFN6S. The van der Waals surface area contributed by atoms with Crippen LogP contribution in [0.3, 0.4) is 0 Å². The summed E-state index contributed by atoms with van der Waals surface area (Å²) in [7, 11) is 4.13. The van der Waals surface area contributed by atoms with E-state index in [0.717, 1.165) is 22.9 Å². The molecule has 2 aromatic heterocycles. The summed E-state index contributed by atoms with van der Waals surface area (Å²) in [5.74, 6) is 0.153. The minimum Gasteiger partial charge on any atom is -0.361 e. The minimum absolute atomic E-state index is 0.0556. The molecule has 2 N–H and O–H groups in total. The summed E-state index contributed by atoms with van der Waals surface area (Å²) in [6, 6.07) is 4.45. The lowest BCUT2D eigenvalue weighted by Gasteiger charge is -2.28. The van der Waals surface area contributed by atoms with Gasteiger partial charge in [0.05, 0.1) is 5.02 Å². The van der Waals surface area contributed by atoms with Gasteiger partial charge in [-0.25, -0.2) is 14.4 Å². The number of rotatable bonds is 7. The Kier molecular flexibility index (Phi) is 5.78. The number of anilines is 3. The van der Waals surface area contributed by atoms with Crippen LogP contribution in [0.15, 0.2) is 24.5 Å². The maximum atomic E-state index is 13.3. The first kappa shape index (κ1) is 19.7. The van der Waals surface area contributed by atoms with Gasteiger partial charge < -0.3 is 15.5 Å². The van der Waals surface area contributed by atoms with Crippen molar-refractivity contribution in [1.29, 1.82) is 0 Å². The number of halogens is 2. The Labute approximate surface area is 166 Å². The van der Waals surface area contributed by atoms with E-state index in [0.29, 0.717) is 17.2 Å². The lowest BCUT2D eigenvalue weighted by Crippen LogP contribution is -2.34. The monoisotopic (exact) mass is 408 g/mol. The van der Waals surface area contributed by atoms with Crippen molar-refractivity contribution in [3.8, 4) is 0 Å². The Morgan fingerprint density at radius 2 is 2.04 bits per heavy atom. The quantitative estimate of drug-likeness (QED) is 0.594. The molecule has 0 bridgehead atoms. The predicted octanol–water partition coefficient (Wildman–Crippen LogP) is 4.62. The van der Waals surface area contributed by atoms with Gasteiger partial charge >= 0.3 is 0 Å². The zero-order valence-corrected chi connectivity index (χ0v) is 17.2.